The smallest absolute Gasteiger partial charge is 0.209 e. The van der Waals surface area contributed by atoms with Crippen molar-refractivity contribution >= 4 is 5.78 Å². The number of phenolic OH excluding ortho intramolecular Hbond substituents is 1. The van der Waals surface area contributed by atoms with Gasteiger partial charge in [0.2, 0.25) is 5.78 Å². The summed E-state index contributed by atoms with van der Waals surface area (Å²) in [6.45, 7) is 7.07. The van der Waals surface area contributed by atoms with Crippen molar-refractivity contribution < 1.29 is 14.6 Å². The monoisotopic (exact) mass is 206 g/mol. The Morgan fingerprint density at radius 1 is 1.27 bits per heavy atom. The number of ketones is 1. The van der Waals surface area contributed by atoms with Crippen molar-refractivity contribution in [1.82, 2.24) is 0 Å². The number of ether oxygens (including phenoxy) is 1. The molecule has 0 aliphatic carbocycles. The maximum Gasteiger partial charge on any atom is 0.209 e. The van der Waals surface area contributed by atoms with Crippen LogP contribution in [0.5, 0.6) is 11.5 Å². The highest BCUT2D eigenvalue weighted by Crippen LogP contribution is 2.44. The number of aromatic hydroxyl groups is 1. The summed E-state index contributed by atoms with van der Waals surface area (Å²) in [6, 6.07) is 1.80. The molecule has 80 valence electrons. The minimum atomic E-state index is -0.863. The highest BCUT2D eigenvalue weighted by molar-refractivity contribution is 6.09. The van der Waals surface area contributed by atoms with Crippen LogP contribution < -0.4 is 4.74 Å². The molecular weight excluding hydrogens is 192 g/mol. The van der Waals surface area contributed by atoms with Crippen molar-refractivity contribution in [2.45, 2.75) is 33.3 Å². The molecule has 0 saturated heterocycles. The molecule has 3 heteroatoms. The number of fused-ring (bicyclic) bond motifs is 1. The Kier molecular flexibility index (Phi) is 1.84. The van der Waals surface area contributed by atoms with E-state index >= 15 is 0 Å². The molecule has 1 N–H and O–H groups in total. The number of carbonyl (C=O) groups is 1. The lowest BCUT2D eigenvalue weighted by molar-refractivity contribution is 0.0679. The van der Waals surface area contributed by atoms with Gasteiger partial charge >= 0.3 is 0 Å². The topological polar surface area (TPSA) is 46.5 Å². The minimum absolute atomic E-state index is 0.0645. The normalized spacial score (nSPS) is 17.5. The van der Waals surface area contributed by atoms with Crippen LogP contribution in [0.25, 0.3) is 0 Å². The maximum atomic E-state index is 12.0. The van der Waals surface area contributed by atoms with Gasteiger partial charge in [0.1, 0.15) is 0 Å². The average Bonchev–Trinajstić information content (AvgIpc) is 2.35. The third kappa shape index (κ3) is 1.23. The van der Waals surface area contributed by atoms with E-state index in [-0.39, 0.29) is 11.5 Å². The van der Waals surface area contributed by atoms with Crippen LogP contribution in [0.2, 0.25) is 0 Å². The zero-order valence-electron chi connectivity index (χ0n) is 9.34. The molecule has 0 radical (unpaired) electrons. The summed E-state index contributed by atoms with van der Waals surface area (Å²) >= 11 is 0. The highest BCUT2D eigenvalue weighted by Gasteiger charge is 2.42. The quantitative estimate of drug-likeness (QED) is 0.708. The van der Waals surface area contributed by atoms with E-state index in [0.717, 1.165) is 11.1 Å². The number of aryl methyl sites for hydroxylation is 2. The molecule has 1 aliphatic heterocycles. The van der Waals surface area contributed by atoms with Gasteiger partial charge in [-0.3, -0.25) is 4.79 Å². The molecule has 3 nitrogen and oxygen atoms in total. The number of rotatable bonds is 0. The lowest BCUT2D eigenvalue weighted by Gasteiger charge is -2.15. The van der Waals surface area contributed by atoms with Gasteiger partial charge in [-0.25, -0.2) is 0 Å². The second-order valence-corrected chi connectivity index (χ2v) is 4.50. The van der Waals surface area contributed by atoms with Gasteiger partial charge in [0, 0.05) is 0 Å². The molecule has 1 aliphatic rings. The van der Waals surface area contributed by atoms with Crippen molar-refractivity contribution in [3.05, 3.63) is 22.8 Å². The molecule has 1 heterocycles. The number of phenols is 1. The Bertz CT molecular complexity index is 458. The van der Waals surface area contributed by atoms with Gasteiger partial charge in [0.15, 0.2) is 17.1 Å². The number of hydrogen-bond donors (Lipinski definition) is 1. The molecule has 1 aromatic rings. The van der Waals surface area contributed by atoms with Crippen LogP contribution in [-0.4, -0.2) is 16.5 Å². The Balaban J connectivity index is 2.74. The minimum Gasteiger partial charge on any atom is -0.504 e. The Hall–Kier alpha value is -1.51. The first-order valence-corrected chi connectivity index (χ1v) is 4.91. The van der Waals surface area contributed by atoms with Crippen molar-refractivity contribution in [3.8, 4) is 11.5 Å². The lowest BCUT2D eigenvalue weighted by atomic mass is 9.95. The van der Waals surface area contributed by atoms with E-state index in [1.54, 1.807) is 26.8 Å². The summed E-state index contributed by atoms with van der Waals surface area (Å²) in [4.78, 5) is 12.0. The van der Waals surface area contributed by atoms with E-state index in [4.69, 9.17) is 4.74 Å². The summed E-state index contributed by atoms with van der Waals surface area (Å²) in [5.41, 5.74) is 1.24. The summed E-state index contributed by atoms with van der Waals surface area (Å²) in [6.07, 6.45) is 0. The van der Waals surface area contributed by atoms with E-state index in [1.807, 2.05) is 6.92 Å². The van der Waals surface area contributed by atoms with Crippen LogP contribution >= 0.6 is 0 Å². The van der Waals surface area contributed by atoms with Crippen LogP contribution in [0.1, 0.15) is 35.3 Å². The summed E-state index contributed by atoms with van der Waals surface area (Å²) in [5, 5.41) is 9.82. The van der Waals surface area contributed by atoms with Crippen LogP contribution in [0.3, 0.4) is 0 Å². The standard InChI is InChI=1S/C12H14O3/c1-6-5-7(2)9(13)10-8(6)11(14)12(3,4)15-10/h5,13H,1-4H3. The van der Waals surface area contributed by atoms with Crippen LogP contribution in [-0.2, 0) is 0 Å². The van der Waals surface area contributed by atoms with E-state index in [0.29, 0.717) is 11.3 Å². The zero-order chi connectivity index (χ0) is 11.4. The molecule has 0 fully saturated rings. The van der Waals surface area contributed by atoms with E-state index in [9.17, 15) is 9.90 Å². The van der Waals surface area contributed by atoms with Gasteiger partial charge in [0.25, 0.3) is 0 Å². The summed E-state index contributed by atoms with van der Waals surface area (Å²) in [7, 11) is 0. The molecule has 0 saturated carbocycles. The van der Waals surface area contributed by atoms with E-state index < -0.39 is 5.60 Å². The predicted molar refractivity (Wildman–Crippen MR) is 56.6 cm³/mol. The van der Waals surface area contributed by atoms with Crippen molar-refractivity contribution in [2.24, 2.45) is 0 Å². The van der Waals surface area contributed by atoms with E-state index in [1.165, 1.54) is 0 Å². The molecule has 15 heavy (non-hydrogen) atoms. The van der Waals surface area contributed by atoms with Crippen LogP contribution in [0.4, 0.5) is 0 Å². The summed E-state index contributed by atoms with van der Waals surface area (Å²) < 4.78 is 5.50. The van der Waals surface area contributed by atoms with Gasteiger partial charge in [-0.15, -0.1) is 0 Å². The molecule has 2 rings (SSSR count). The SMILES string of the molecule is Cc1cc(C)c2c(c1O)OC(C)(C)C2=O. The van der Waals surface area contributed by atoms with Crippen molar-refractivity contribution in [2.75, 3.05) is 0 Å². The number of carbonyl (C=O) groups excluding carboxylic acids is 1. The molecular formula is C12H14O3. The molecule has 1 aromatic carbocycles. The highest BCUT2D eigenvalue weighted by atomic mass is 16.5. The van der Waals surface area contributed by atoms with Gasteiger partial charge in [-0.05, 0) is 38.8 Å². The third-order valence-corrected chi connectivity index (χ3v) is 2.77. The fraction of sp³-hybridized carbons (Fsp3) is 0.417. The Morgan fingerprint density at radius 3 is 2.47 bits per heavy atom. The fourth-order valence-electron chi connectivity index (χ4n) is 1.93. The molecule has 0 spiro atoms. The third-order valence-electron chi connectivity index (χ3n) is 2.77. The van der Waals surface area contributed by atoms with Crippen LogP contribution in [0.15, 0.2) is 6.07 Å². The number of benzene rings is 1. The Morgan fingerprint density at radius 2 is 1.87 bits per heavy atom. The molecule has 0 unspecified atom stereocenters. The van der Waals surface area contributed by atoms with Crippen molar-refractivity contribution in [3.63, 3.8) is 0 Å². The number of Topliss-reactive ketones (excluding diaryl/α,β-unsaturated/α-hetero) is 1. The number of hydrogen-bond acceptors (Lipinski definition) is 3. The fourth-order valence-corrected chi connectivity index (χ4v) is 1.93. The van der Waals surface area contributed by atoms with Gasteiger partial charge in [-0.1, -0.05) is 6.07 Å². The second kappa shape index (κ2) is 2.75. The largest absolute Gasteiger partial charge is 0.504 e. The van der Waals surface area contributed by atoms with Gasteiger partial charge in [-0.2, -0.15) is 0 Å². The molecule has 0 amide bonds. The Labute approximate surface area is 88.7 Å². The average molecular weight is 206 g/mol. The van der Waals surface area contributed by atoms with Crippen LogP contribution in [0, 0.1) is 13.8 Å². The lowest BCUT2D eigenvalue weighted by Crippen LogP contribution is -2.32. The first-order chi connectivity index (χ1) is 6.84. The molecule has 0 atom stereocenters. The predicted octanol–water partition coefficient (Wildman–Crippen LogP) is 2.36. The first-order valence-electron chi connectivity index (χ1n) is 4.91. The van der Waals surface area contributed by atoms with Gasteiger partial charge in [0.05, 0.1) is 5.56 Å². The van der Waals surface area contributed by atoms with Gasteiger partial charge < -0.3 is 9.84 Å². The zero-order valence-corrected chi connectivity index (χ0v) is 9.34. The molecule has 0 aromatic heterocycles. The van der Waals surface area contributed by atoms with Crippen molar-refractivity contribution in [1.29, 1.82) is 0 Å². The van der Waals surface area contributed by atoms with E-state index in [2.05, 4.69) is 0 Å². The molecule has 0 bridgehead atoms. The summed E-state index contributed by atoms with van der Waals surface area (Å²) in [5.74, 6) is 0.349. The second-order valence-electron chi connectivity index (χ2n) is 4.50. The maximum absolute atomic E-state index is 12.0. The first kappa shape index (κ1) is 10.0.